The molecule has 0 bridgehead atoms. The Morgan fingerprint density at radius 3 is 2.35 bits per heavy atom. The summed E-state index contributed by atoms with van der Waals surface area (Å²) in [6.07, 6.45) is 10.5. The van der Waals surface area contributed by atoms with E-state index >= 15 is 0 Å². The molecule has 1 saturated heterocycles. The molecule has 1 unspecified atom stereocenters. The lowest BCUT2D eigenvalue weighted by molar-refractivity contribution is 0.0797. The van der Waals surface area contributed by atoms with Crippen LogP contribution in [0.15, 0.2) is 0 Å². The maximum atomic E-state index is 9.72. The second-order valence-electron chi connectivity index (χ2n) is 7.32. The normalized spacial score (nSPS) is 25.5. The topological polar surface area (TPSA) is 35.5 Å². The molecular weight excluding hydrogens is 248 g/mol. The first-order valence-corrected chi connectivity index (χ1v) is 8.78. The van der Waals surface area contributed by atoms with Gasteiger partial charge in [-0.25, -0.2) is 0 Å². The van der Waals surface area contributed by atoms with Crippen molar-refractivity contribution in [1.82, 2.24) is 10.2 Å². The molecule has 3 heteroatoms. The second kappa shape index (κ2) is 8.35. The van der Waals surface area contributed by atoms with Gasteiger partial charge in [-0.3, -0.25) is 0 Å². The van der Waals surface area contributed by atoms with Crippen molar-refractivity contribution in [1.29, 1.82) is 0 Å². The molecule has 0 spiro atoms. The smallest absolute Gasteiger partial charge is 0.0499 e. The molecule has 3 nitrogen and oxygen atoms in total. The van der Waals surface area contributed by atoms with Gasteiger partial charge in [-0.1, -0.05) is 32.6 Å². The Morgan fingerprint density at radius 1 is 1.05 bits per heavy atom. The van der Waals surface area contributed by atoms with Crippen LogP contribution in [-0.4, -0.2) is 49.3 Å². The third-order valence-corrected chi connectivity index (χ3v) is 5.26. The Kier molecular flexibility index (Phi) is 6.79. The van der Waals surface area contributed by atoms with E-state index in [1.54, 1.807) is 0 Å². The Labute approximate surface area is 125 Å². The molecule has 1 saturated carbocycles. The molecule has 1 atom stereocenters. The van der Waals surface area contributed by atoms with Crippen LogP contribution in [0.2, 0.25) is 0 Å². The van der Waals surface area contributed by atoms with Crippen molar-refractivity contribution in [3.8, 4) is 0 Å². The van der Waals surface area contributed by atoms with Crippen molar-refractivity contribution >= 4 is 0 Å². The first kappa shape index (κ1) is 16.3. The number of nitrogens with zero attached hydrogens (tertiary/aromatic N) is 1. The lowest BCUT2D eigenvalue weighted by Crippen LogP contribution is -2.42. The summed E-state index contributed by atoms with van der Waals surface area (Å²) in [4.78, 5) is 2.62. The van der Waals surface area contributed by atoms with E-state index < -0.39 is 0 Å². The van der Waals surface area contributed by atoms with Gasteiger partial charge in [0.1, 0.15) is 0 Å². The summed E-state index contributed by atoms with van der Waals surface area (Å²) in [7, 11) is 0. The van der Waals surface area contributed by atoms with E-state index in [0.717, 1.165) is 13.1 Å². The van der Waals surface area contributed by atoms with Crippen LogP contribution in [0.1, 0.15) is 58.3 Å². The largest absolute Gasteiger partial charge is 0.396 e. The van der Waals surface area contributed by atoms with Crippen LogP contribution in [0.4, 0.5) is 0 Å². The van der Waals surface area contributed by atoms with E-state index in [0.29, 0.717) is 12.5 Å². The van der Waals surface area contributed by atoms with Crippen LogP contribution >= 0.6 is 0 Å². The Bertz CT molecular complexity index is 258. The quantitative estimate of drug-likeness (QED) is 0.753. The van der Waals surface area contributed by atoms with Gasteiger partial charge in [0.25, 0.3) is 0 Å². The van der Waals surface area contributed by atoms with Gasteiger partial charge in [0.15, 0.2) is 0 Å². The number of nitrogens with one attached hydrogen (secondary N) is 1. The van der Waals surface area contributed by atoms with E-state index in [-0.39, 0.29) is 5.41 Å². The number of aliphatic hydroxyl groups is 1. The lowest BCUT2D eigenvalue weighted by atomic mass is 9.74. The van der Waals surface area contributed by atoms with Crippen LogP contribution in [0.3, 0.4) is 0 Å². The van der Waals surface area contributed by atoms with Crippen molar-refractivity contribution in [3.63, 3.8) is 0 Å². The Balaban J connectivity index is 1.63. The Morgan fingerprint density at radius 2 is 1.70 bits per heavy atom. The zero-order valence-electron chi connectivity index (χ0n) is 13.4. The fraction of sp³-hybridized carbons (Fsp3) is 1.00. The first-order valence-electron chi connectivity index (χ1n) is 8.78. The zero-order chi connectivity index (χ0) is 14.3. The van der Waals surface area contributed by atoms with E-state index in [2.05, 4.69) is 17.1 Å². The van der Waals surface area contributed by atoms with E-state index in [9.17, 15) is 5.11 Å². The highest BCUT2D eigenvalue weighted by Crippen LogP contribution is 2.35. The van der Waals surface area contributed by atoms with Crippen LogP contribution in [0.5, 0.6) is 0 Å². The molecule has 2 N–H and O–H groups in total. The van der Waals surface area contributed by atoms with E-state index in [4.69, 9.17) is 0 Å². The summed E-state index contributed by atoms with van der Waals surface area (Å²) in [5, 5.41) is 13.4. The van der Waals surface area contributed by atoms with Crippen LogP contribution < -0.4 is 5.32 Å². The molecular formula is C17H34N2O. The van der Waals surface area contributed by atoms with Gasteiger partial charge in [-0.05, 0) is 51.2 Å². The molecule has 0 aromatic carbocycles. The fourth-order valence-electron chi connectivity index (χ4n) is 3.92. The minimum atomic E-state index is 0.184. The molecule has 2 rings (SSSR count). The minimum absolute atomic E-state index is 0.184. The van der Waals surface area contributed by atoms with Gasteiger partial charge in [0.05, 0.1) is 0 Å². The molecule has 118 valence electrons. The highest BCUT2D eigenvalue weighted by atomic mass is 16.3. The van der Waals surface area contributed by atoms with Gasteiger partial charge in [-0.2, -0.15) is 0 Å². The number of hydrogen-bond acceptors (Lipinski definition) is 3. The van der Waals surface area contributed by atoms with E-state index in [1.165, 1.54) is 71.0 Å². The standard InChI is InChI=1S/C17H34N2O/c1-16(13-19-10-6-3-7-11-19)12-18-14-17(15-20)8-4-2-5-9-17/h16,18,20H,2-15H2,1H3. The maximum absolute atomic E-state index is 9.72. The summed E-state index contributed by atoms with van der Waals surface area (Å²) in [5.41, 5.74) is 0.184. The summed E-state index contributed by atoms with van der Waals surface area (Å²) in [5.74, 6) is 0.715. The molecule has 2 fully saturated rings. The van der Waals surface area contributed by atoms with Crippen LogP contribution in [0.25, 0.3) is 0 Å². The number of likely N-dealkylation sites (tertiary alicyclic amines) is 1. The fourth-order valence-corrected chi connectivity index (χ4v) is 3.92. The summed E-state index contributed by atoms with van der Waals surface area (Å²) in [6.45, 7) is 8.65. The molecule has 20 heavy (non-hydrogen) atoms. The summed E-state index contributed by atoms with van der Waals surface area (Å²) in [6, 6.07) is 0. The van der Waals surface area contributed by atoms with E-state index in [1.807, 2.05) is 0 Å². The van der Waals surface area contributed by atoms with Gasteiger partial charge in [0, 0.05) is 25.1 Å². The third-order valence-electron chi connectivity index (χ3n) is 5.26. The van der Waals surface area contributed by atoms with Crippen LogP contribution in [0, 0.1) is 11.3 Å². The van der Waals surface area contributed by atoms with Gasteiger partial charge in [-0.15, -0.1) is 0 Å². The third kappa shape index (κ3) is 5.01. The highest BCUT2D eigenvalue weighted by molar-refractivity contribution is 4.84. The molecule has 2 aliphatic rings. The molecule has 0 aromatic rings. The van der Waals surface area contributed by atoms with Crippen molar-refractivity contribution in [2.45, 2.75) is 58.3 Å². The number of aliphatic hydroxyl groups excluding tert-OH is 1. The molecule has 0 radical (unpaired) electrons. The van der Waals surface area contributed by atoms with Gasteiger partial charge < -0.3 is 15.3 Å². The first-order chi connectivity index (χ1) is 9.74. The average molecular weight is 282 g/mol. The SMILES string of the molecule is CC(CNCC1(CO)CCCCC1)CN1CCCCC1. The molecule has 1 aliphatic heterocycles. The van der Waals surface area contributed by atoms with Crippen LogP contribution in [-0.2, 0) is 0 Å². The van der Waals surface area contributed by atoms with Crippen molar-refractivity contribution in [2.75, 3.05) is 39.3 Å². The van der Waals surface area contributed by atoms with Crippen molar-refractivity contribution < 1.29 is 5.11 Å². The number of piperidine rings is 1. The minimum Gasteiger partial charge on any atom is -0.396 e. The molecule has 0 amide bonds. The average Bonchev–Trinajstić information content (AvgIpc) is 2.49. The molecule has 1 aliphatic carbocycles. The van der Waals surface area contributed by atoms with Gasteiger partial charge >= 0.3 is 0 Å². The molecule has 0 aromatic heterocycles. The lowest BCUT2D eigenvalue weighted by Gasteiger charge is -2.36. The molecule has 1 heterocycles. The summed E-state index contributed by atoms with van der Waals surface area (Å²) < 4.78 is 0. The monoisotopic (exact) mass is 282 g/mol. The predicted molar refractivity (Wildman–Crippen MR) is 84.9 cm³/mol. The predicted octanol–water partition coefficient (Wildman–Crippen LogP) is 2.64. The van der Waals surface area contributed by atoms with Crippen molar-refractivity contribution in [2.24, 2.45) is 11.3 Å². The Hall–Kier alpha value is -0.120. The summed E-state index contributed by atoms with van der Waals surface area (Å²) >= 11 is 0. The van der Waals surface area contributed by atoms with Crippen molar-refractivity contribution in [3.05, 3.63) is 0 Å². The number of rotatable bonds is 7. The number of hydrogen-bond donors (Lipinski definition) is 2. The maximum Gasteiger partial charge on any atom is 0.0499 e. The zero-order valence-corrected chi connectivity index (χ0v) is 13.4. The highest BCUT2D eigenvalue weighted by Gasteiger charge is 2.30. The second-order valence-corrected chi connectivity index (χ2v) is 7.32. The van der Waals surface area contributed by atoms with Gasteiger partial charge in [0.2, 0.25) is 0 Å².